The van der Waals surface area contributed by atoms with Crippen LogP contribution in [0.3, 0.4) is 0 Å². The van der Waals surface area contributed by atoms with Crippen molar-refractivity contribution in [2.24, 2.45) is 0 Å². The number of phenols is 1. The Hall–Kier alpha value is -2.19. The molecular formula is C19H17Br2NO5. The number of rotatable bonds is 6. The van der Waals surface area contributed by atoms with Crippen molar-refractivity contribution in [2.75, 3.05) is 19.0 Å². The minimum absolute atomic E-state index is 0.178. The topological polar surface area (TPSA) is 80.9 Å². The summed E-state index contributed by atoms with van der Waals surface area (Å²) in [5, 5.41) is 13.2. The lowest BCUT2D eigenvalue weighted by atomic mass is 10.1. The van der Waals surface area contributed by atoms with E-state index in [9.17, 15) is 9.90 Å². The molecule has 6 nitrogen and oxygen atoms in total. The molecule has 0 radical (unpaired) electrons. The molecule has 1 aromatic heterocycles. The molecule has 0 unspecified atom stereocenters. The fraction of sp³-hybridized carbons (Fsp3) is 0.211. The number of furan rings is 1. The van der Waals surface area contributed by atoms with Crippen LogP contribution in [-0.2, 0) is 11.3 Å². The number of aromatic hydroxyl groups is 1. The zero-order valence-corrected chi connectivity index (χ0v) is 17.8. The summed E-state index contributed by atoms with van der Waals surface area (Å²) in [5.74, 6) is 0.713. The van der Waals surface area contributed by atoms with Crippen molar-refractivity contribution < 1.29 is 23.8 Å². The van der Waals surface area contributed by atoms with Gasteiger partial charge in [0.05, 0.1) is 34.6 Å². The Morgan fingerprint density at radius 1 is 1.26 bits per heavy atom. The van der Waals surface area contributed by atoms with Crippen LogP contribution in [0.4, 0.5) is 5.69 Å². The molecule has 0 saturated heterocycles. The molecule has 3 rings (SSSR count). The molecule has 0 aliphatic carbocycles. The maximum Gasteiger partial charge on any atom is 0.342 e. The minimum Gasteiger partial charge on any atom is -0.508 e. The number of anilines is 1. The number of fused-ring (bicyclic) bond motifs is 1. The summed E-state index contributed by atoms with van der Waals surface area (Å²) in [6.07, 6.45) is 0. The predicted octanol–water partition coefficient (Wildman–Crippen LogP) is 5.46. The second-order valence-electron chi connectivity index (χ2n) is 5.60. The highest BCUT2D eigenvalue weighted by atomic mass is 79.9. The van der Waals surface area contributed by atoms with E-state index in [-0.39, 0.29) is 18.9 Å². The van der Waals surface area contributed by atoms with Gasteiger partial charge in [-0.15, -0.1) is 0 Å². The summed E-state index contributed by atoms with van der Waals surface area (Å²) in [6, 6.07) is 8.37. The average Bonchev–Trinajstić information content (AvgIpc) is 3.00. The molecule has 0 aliphatic rings. The number of carbonyl (C=O) groups excluding carboxylic acids is 1. The van der Waals surface area contributed by atoms with Crippen LogP contribution < -0.4 is 10.1 Å². The van der Waals surface area contributed by atoms with Gasteiger partial charge in [0.2, 0.25) is 0 Å². The van der Waals surface area contributed by atoms with Crippen molar-refractivity contribution in [3.05, 3.63) is 50.6 Å². The SMILES string of the molecule is CCOC(=O)c1c(CNc2ccc(O)cc2)oc2cc(Br)c(OC)c(Br)c12. The summed E-state index contributed by atoms with van der Waals surface area (Å²) < 4.78 is 17.9. The van der Waals surface area contributed by atoms with E-state index in [0.29, 0.717) is 37.0 Å². The van der Waals surface area contributed by atoms with Gasteiger partial charge in [0.15, 0.2) is 0 Å². The lowest BCUT2D eigenvalue weighted by Crippen LogP contribution is -2.09. The van der Waals surface area contributed by atoms with Gasteiger partial charge in [-0.2, -0.15) is 0 Å². The molecule has 0 fully saturated rings. The van der Waals surface area contributed by atoms with Crippen LogP contribution in [-0.4, -0.2) is 24.8 Å². The van der Waals surface area contributed by atoms with Crippen LogP contribution in [0.25, 0.3) is 11.0 Å². The van der Waals surface area contributed by atoms with Gasteiger partial charge in [0, 0.05) is 5.69 Å². The Kier molecular flexibility index (Phi) is 5.96. The summed E-state index contributed by atoms with van der Waals surface area (Å²) in [6.45, 7) is 2.27. The first kappa shape index (κ1) is 19.6. The highest BCUT2D eigenvalue weighted by Crippen LogP contribution is 2.43. The molecular weight excluding hydrogens is 482 g/mol. The molecule has 0 atom stereocenters. The summed E-state index contributed by atoms with van der Waals surface area (Å²) >= 11 is 6.95. The predicted molar refractivity (Wildman–Crippen MR) is 110 cm³/mol. The lowest BCUT2D eigenvalue weighted by Gasteiger charge is -2.08. The molecule has 3 aromatic rings. The van der Waals surface area contributed by atoms with E-state index in [0.717, 1.165) is 5.69 Å². The van der Waals surface area contributed by atoms with Gasteiger partial charge in [-0.25, -0.2) is 4.79 Å². The third-order valence-electron chi connectivity index (χ3n) is 3.91. The maximum atomic E-state index is 12.6. The zero-order valence-electron chi connectivity index (χ0n) is 14.6. The van der Waals surface area contributed by atoms with Gasteiger partial charge < -0.3 is 24.3 Å². The summed E-state index contributed by atoms with van der Waals surface area (Å²) in [7, 11) is 1.55. The lowest BCUT2D eigenvalue weighted by molar-refractivity contribution is 0.0526. The van der Waals surface area contributed by atoms with Crippen molar-refractivity contribution in [1.29, 1.82) is 0 Å². The van der Waals surface area contributed by atoms with E-state index in [4.69, 9.17) is 13.9 Å². The molecule has 1 heterocycles. The highest BCUT2D eigenvalue weighted by molar-refractivity contribution is 9.11. The number of benzene rings is 2. The van der Waals surface area contributed by atoms with Crippen LogP contribution in [0, 0.1) is 0 Å². The second kappa shape index (κ2) is 8.22. The number of esters is 1. The molecule has 0 bridgehead atoms. The van der Waals surface area contributed by atoms with E-state index in [2.05, 4.69) is 37.2 Å². The number of carbonyl (C=O) groups is 1. The highest BCUT2D eigenvalue weighted by Gasteiger charge is 2.26. The molecule has 0 aliphatic heterocycles. The number of hydrogen-bond acceptors (Lipinski definition) is 6. The summed E-state index contributed by atoms with van der Waals surface area (Å²) in [4.78, 5) is 12.6. The molecule has 0 amide bonds. The van der Waals surface area contributed by atoms with Crippen LogP contribution >= 0.6 is 31.9 Å². The first-order valence-corrected chi connectivity index (χ1v) is 9.72. The van der Waals surface area contributed by atoms with Crippen molar-refractivity contribution >= 4 is 54.5 Å². The Balaban J connectivity index is 2.07. The third kappa shape index (κ3) is 3.91. The van der Waals surface area contributed by atoms with Gasteiger partial charge in [-0.3, -0.25) is 0 Å². The largest absolute Gasteiger partial charge is 0.508 e. The molecule has 142 valence electrons. The number of halogens is 2. The second-order valence-corrected chi connectivity index (χ2v) is 7.25. The van der Waals surface area contributed by atoms with Crippen LogP contribution in [0.15, 0.2) is 43.7 Å². The number of nitrogens with one attached hydrogen (secondary N) is 1. The standard InChI is InChI=1S/C19H17Br2NO5/c1-3-26-19(24)16-14(9-22-10-4-6-11(23)7-5-10)27-13-8-12(20)18(25-2)17(21)15(13)16/h4-8,22-23H,3,9H2,1-2H3. The number of hydrogen-bond donors (Lipinski definition) is 2. The zero-order chi connectivity index (χ0) is 19.6. The first-order chi connectivity index (χ1) is 13.0. The molecule has 0 spiro atoms. The van der Waals surface area contributed by atoms with E-state index in [1.165, 1.54) is 0 Å². The van der Waals surface area contributed by atoms with Crippen molar-refractivity contribution in [3.63, 3.8) is 0 Å². The monoisotopic (exact) mass is 497 g/mol. The average molecular weight is 499 g/mol. The van der Waals surface area contributed by atoms with E-state index in [1.54, 1.807) is 44.4 Å². The fourth-order valence-electron chi connectivity index (χ4n) is 2.71. The molecule has 8 heteroatoms. The maximum absolute atomic E-state index is 12.6. The Bertz CT molecular complexity index is 982. The van der Waals surface area contributed by atoms with Gasteiger partial charge in [-0.1, -0.05) is 0 Å². The van der Waals surface area contributed by atoms with E-state index in [1.807, 2.05) is 0 Å². The molecule has 2 N–H and O–H groups in total. The smallest absolute Gasteiger partial charge is 0.342 e. The fourth-order valence-corrected chi connectivity index (χ4v) is 4.31. The third-order valence-corrected chi connectivity index (χ3v) is 5.25. The van der Waals surface area contributed by atoms with Crippen LogP contribution in [0.2, 0.25) is 0 Å². The normalized spacial score (nSPS) is 10.8. The van der Waals surface area contributed by atoms with Crippen LogP contribution in [0.1, 0.15) is 23.0 Å². The van der Waals surface area contributed by atoms with Gasteiger partial charge in [0.1, 0.15) is 28.4 Å². The van der Waals surface area contributed by atoms with Gasteiger partial charge in [-0.05, 0) is 69.1 Å². The van der Waals surface area contributed by atoms with E-state index < -0.39 is 5.97 Å². The quantitative estimate of drug-likeness (QED) is 0.347. The Morgan fingerprint density at radius 3 is 2.59 bits per heavy atom. The van der Waals surface area contributed by atoms with Crippen LogP contribution in [0.5, 0.6) is 11.5 Å². The first-order valence-electron chi connectivity index (χ1n) is 8.13. The van der Waals surface area contributed by atoms with Crippen molar-refractivity contribution in [3.8, 4) is 11.5 Å². The minimum atomic E-state index is -0.469. The number of ether oxygens (including phenoxy) is 2. The van der Waals surface area contributed by atoms with Gasteiger partial charge >= 0.3 is 5.97 Å². The van der Waals surface area contributed by atoms with Gasteiger partial charge in [0.25, 0.3) is 0 Å². The number of phenolic OH excluding ortho intramolecular Hbond substituents is 1. The molecule has 27 heavy (non-hydrogen) atoms. The van der Waals surface area contributed by atoms with Crippen molar-refractivity contribution in [1.82, 2.24) is 0 Å². The molecule has 0 saturated carbocycles. The summed E-state index contributed by atoms with van der Waals surface area (Å²) in [5.41, 5.74) is 1.65. The molecule has 2 aromatic carbocycles. The van der Waals surface area contributed by atoms with E-state index >= 15 is 0 Å². The Labute approximate surface area is 172 Å². The number of methoxy groups -OCH3 is 1. The van der Waals surface area contributed by atoms with Crippen molar-refractivity contribution in [2.45, 2.75) is 13.5 Å². The Morgan fingerprint density at radius 2 is 1.96 bits per heavy atom.